The number of nitrogens with zero attached hydrogens (tertiary/aromatic N) is 2. The Morgan fingerprint density at radius 1 is 1.38 bits per heavy atom. The second kappa shape index (κ2) is 3.77. The lowest BCUT2D eigenvalue weighted by Crippen LogP contribution is -2.03. The van der Waals surface area contributed by atoms with Crippen molar-refractivity contribution in [2.24, 2.45) is 0 Å². The third-order valence-electron chi connectivity index (χ3n) is 2.18. The summed E-state index contributed by atoms with van der Waals surface area (Å²) in [7, 11) is 1.43. The van der Waals surface area contributed by atoms with E-state index in [0.29, 0.717) is 10.9 Å². The standard InChI is InChI=1S/C11H10N2O3/c1-6(14)10-12-7-4-3-5-8(15)9(7)11(13-10)16-2/h3-5,15H,1-2H3. The van der Waals surface area contributed by atoms with Gasteiger partial charge in [0.05, 0.1) is 12.6 Å². The maximum atomic E-state index is 11.2. The molecule has 0 amide bonds. The molecule has 0 saturated heterocycles. The second-order valence-corrected chi connectivity index (χ2v) is 3.28. The number of phenolic OH excluding ortho intramolecular Hbond substituents is 1. The maximum Gasteiger partial charge on any atom is 0.228 e. The summed E-state index contributed by atoms with van der Waals surface area (Å²) in [5.41, 5.74) is 0.483. The molecule has 1 N–H and O–H groups in total. The van der Waals surface area contributed by atoms with Crippen LogP contribution < -0.4 is 4.74 Å². The number of aromatic nitrogens is 2. The molecule has 2 aromatic rings. The van der Waals surface area contributed by atoms with E-state index in [-0.39, 0.29) is 23.2 Å². The first kappa shape index (κ1) is 10.4. The number of rotatable bonds is 2. The fraction of sp³-hybridized carbons (Fsp3) is 0.182. The molecule has 2 rings (SSSR count). The van der Waals surface area contributed by atoms with E-state index in [2.05, 4.69) is 9.97 Å². The normalized spacial score (nSPS) is 10.4. The van der Waals surface area contributed by atoms with E-state index in [1.807, 2.05) is 0 Å². The number of methoxy groups -OCH3 is 1. The molecule has 1 heterocycles. The molecule has 1 aromatic heterocycles. The fourth-order valence-electron chi connectivity index (χ4n) is 1.44. The zero-order valence-electron chi connectivity index (χ0n) is 8.89. The highest BCUT2D eigenvalue weighted by Gasteiger charge is 2.13. The van der Waals surface area contributed by atoms with Gasteiger partial charge in [-0.1, -0.05) is 6.07 Å². The smallest absolute Gasteiger partial charge is 0.228 e. The highest BCUT2D eigenvalue weighted by Crippen LogP contribution is 2.30. The Bertz CT molecular complexity index is 566. The summed E-state index contributed by atoms with van der Waals surface area (Å²) in [6.45, 7) is 1.38. The lowest BCUT2D eigenvalue weighted by molar-refractivity contribution is 0.100. The van der Waals surface area contributed by atoms with Crippen molar-refractivity contribution in [3.8, 4) is 11.6 Å². The molecule has 0 aliphatic rings. The molecule has 0 saturated carbocycles. The number of Topliss-reactive ketones (excluding diaryl/α,β-unsaturated/α-hetero) is 1. The van der Waals surface area contributed by atoms with Gasteiger partial charge in [-0.05, 0) is 12.1 Å². The van der Waals surface area contributed by atoms with Crippen molar-refractivity contribution in [3.05, 3.63) is 24.0 Å². The summed E-state index contributed by atoms with van der Waals surface area (Å²) >= 11 is 0. The lowest BCUT2D eigenvalue weighted by atomic mass is 10.2. The summed E-state index contributed by atoms with van der Waals surface area (Å²) in [5.74, 6) is 0.0660. The number of aromatic hydroxyl groups is 1. The summed E-state index contributed by atoms with van der Waals surface area (Å²) in [5, 5.41) is 10.1. The van der Waals surface area contributed by atoms with Gasteiger partial charge < -0.3 is 9.84 Å². The molecule has 82 valence electrons. The van der Waals surface area contributed by atoms with Crippen molar-refractivity contribution in [3.63, 3.8) is 0 Å². The van der Waals surface area contributed by atoms with Crippen molar-refractivity contribution in [1.82, 2.24) is 9.97 Å². The Hall–Kier alpha value is -2.17. The molecule has 0 unspecified atom stereocenters. The lowest BCUT2D eigenvalue weighted by Gasteiger charge is -2.06. The Labute approximate surface area is 91.7 Å². The van der Waals surface area contributed by atoms with Crippen molar-refractivity contribution in [2.45, 2.75) is 6.92 Å². The molecular weight excluding hydrogens is 208 g/mol. The van der Waals surface area contributed by atoms with E-state index in [1.165, 1.54) is 20.1 Å². The van der Waals surface area contributed by atoms with Crippen LogP contribution in [-0.2, 0) is 0 Å². The molecule has 5 nitrogen and oxygen atoms in total. The first-order valence-corrected chi connectivity index (χ1v) is 4.68. The number of ketones is 1. The van der Waals surface area contributed by atoms with Crippen LogP contribution in [0.25, 0.3) is 10.9 Å². The molecule has 16 heavy (non-hydrogen) atoms. The number of phenols is 1. The number of fused-ring (bicyclic) bond motifs is 1. The number of ether oxygens (including phenoxy) is 1. The molecule has 0 radical (unpaired) electrons. The molecule has 0 spiro atoms. The van der Waals surface area contributed by atoms with Crippen LogP contribution in [0.2, 0.25) is 0 Å². The van der Waals surface area contributed by atoms with Gasteiger partial charge in [-0.15, -0.1) is 0 Å². The SMILES string of the molecule is COc1nc(C(C)=O)nc2cccc(O)c12. The van der Waals surface area contributed by atoms with Gasteiger partial charge in [0.2, 0.25) is 5.88 Å². The monoisotopic (exact) mass is 218 g/mol. The van der Waals surface area contributed by atoms with Crippen molar-refractivity contribution in [1.29, 1.82) is 0 Å². The zero-order chi connectivity index (χ0) is 11.7. The molecule has 0 fully saturated rings. The maximum absolute atomic E-state index is 11.2. The highest BCUT2D eigenvalue weighted by atomic mass is 16.5. The summed E-state index contributed by atoms with van der Waals surface area (Å²) < 4.78 is 5.04. The number of carbonyl (C=O) groups excluding carboxylic acids is 1. The van der Waals surface area contributed by atoms with Gasteiger partial charge in [-0.25, -0.2) is 4.98 Å². The van der Waals surface area contributed by atoms with Crippen LogP contribution >= 0.6 is 0 Å². The van der Waals surface area contributed by atoms with Crippen LogP contribution in [0.4, 0.5) is 0 Å². The average Bonchev–Trinajstić information content (AvgIpc) is 2.27. The van der Waals surface area contributed by atoms with Crippen LogP contribution in [0.15, 0.2) is 18.2 Å². The van der Waals surface area contributed by atoms with E-state index in [4.69, 9.17) is 4.74 Å². The van der Waals surface area contributed by atoms with Gasteiger partial charge in [0, 0.05) is 6.92 Å². The van der Waals surface area contributed by atoms with Gasteiger partial charge >= 0.3 is 0 Å². The minimum absolute atomic E-state index is 0.0319. The van der Waals surface area contributed by atoms with Gasteiger partial charge in [-0.2, -0.15) is 4.98 Å². The second-order valence-electron chi connectivity index (χ2n) is 3.28. The number of hydrogen-bond donors (Lipinski definition) is 1. The van der Waals surface area contributed by atoms with Crippen molar-refractivity contribution < 1.29 is 14.6 Å². The third-order valence-corrected chi connectivity index (χ3v) is 2.18. The summed E-state index contributed by atoms with van der Waals surface area (Å²) in [6.07, 6.45) is 0. The summed E-state index contributed by atoms with van der Waals surface area (Å²) in [6, 6.07) is 4.85. The number of carbonyl (C=O) groups is 1. The summed E-state index contributed by atoms with van der Waals surface area (Å²) in [4.78, 5) is 19.2. The van der Waals surface area contributed by atoms with Gasteiger partial charge in [0.15, 0.2) is 11.6 Å². The predicted octanol–water partition coefficient (Wildman–Crippen LogP) is 1.55. The quantitative estimate of drug-likeness (QED) is 0.774. The van der Waals surface area contributed by atoms with Gasteiger partial charge in [0.25, 0.3) is 0 Å². The average molecular weight is 218 g/mol. The molecule has 5 heteroatoms. The third kappa shape index (κ3) is 1.56. The van der Waals surface area contributed by atoms with Crippen LogP contribution in [-0.4, -0.2) is 28.0 Å². The van der Waals surface area contributed by atoms with Crippen LogP contribution in [0.5, 0.6) is 11.6 Å². The predicted molar refractivity (Wildman–Crippen MR) is 57.8 cm³/mol. The molecule has 0 bridgehead atoms. The van der Waals surface area contributed by atoms with Crippen LogP contribution in [0, 0.1) is 0 Å². The fourth-order valence-corrected chi connectivity index (χ4v) is 1.44. The minimum Gasteiger partial charge on any atom is -0.507 e. The Morgan fingerprint density at radius 3 is 2.75 bits per heavy atom. The van der Waals surface area contributed by atoms with E-state index in [1.54, 1.807) is 12.1 Å². The van der Waals surface area contributed by atoms with Crippen molar-refractivity contribution in [2.75, 3.05) is 7.11 Å². The van der Waals surface area contributed by atoms with E-state index in [0.717, 1.165) is 0 Å². The minimum atomic E-state index is -0.247. The van der Waals surface area contributed by atoms with Gasteiger partial charge in [0.1, 0.15) is 11.1 Å². The first-order valence-electron chi connectivity index (χ1n) is 4.68. The Kier molecular flexibility index (Phi) is 2.44. The van der Waals surface area contributed by atoms with E-state index < -0.39 is 0 Å². The van der Waals surface area contributed by atoms with Crippen LogP contribution in [0.3, 0.4) is 0 Å². The Morgan fingerprint density at radius 2 is 2.12 bits per heavy atom. The number of benzene rings is 1. The van der Waals surface area contributed by atoms with E-state index in [9.17, 15) is 9.90 Å². The zero-order valence-corrected chi connectivity index (χ0v) is 8.89. The number of hydrogen-bond acceptors (Lipinski definition) is 5. The van der Waals surface area contributed by atoms with Crippen LogP contribution in [0.1, 0.15) is 17.5 Å². The molecule has 0 aliphatic heterocycles. The first-order chi connectivity index (χ1) is 7.63. The molecule has 1 aromatic carbocycles. The highest BCUT2D eigenvalue weighted by molar-refractivity contribution is 5.95. The van der Waals surface area contributed by atoms with Gasteiger partial charge in [-0.3, -0.25) is 4.79 Å². The largest absolute Gasteiger partial charge is 0.507 e. The Balaban J connectivity index is 2.84. The topological polar surface area (TPSA) is 72.3 Å². The van der Waals surface area contributed by atoms with E-state index >= 15 is 0 Å². The molecule has 0 atom stereocenters. The molecule has 0 aliphatic carbocycles. The van der Waals surface area contributed by atoms with Crippen molar-refractivity contribution >= 4 is 16.7 Å². The molecular formula is C11H10N2O3.